The maximum atomic E-state index is 13.4. The SMILES string of the molecule is CCN(CC(C)C)S(=O)(=O)c1cc(F)ccc1CNC. The van der Waals surface area contributed by atoms with Crippen molar-refractivity contribution >= 4 is 10.0 Å². The summed E-state index contributed by atoms with van der Waals surface area (Å²) < 4.78 is 40.2. The molecule has 0 radical (unpaired) electrons. The highest BCUT2D eigenvalue weighted by molar-refractivity contribution is 7.89. The van der Waals surface area contributed by atoms with Crippen molar-refractivity contribution in [2.45, 2.75) is 32.2 Å². The minimum Gasteiger partial charge on any atom is -0.316 e. The molecule has 0 aliphatic rings. The summed E-state index contributed by atoms with van der Waals surface area (Å²) in [6.07, 6.45) is 0. The molecule has 0 saturated heterocycles. The largest absolute Gasteiger partial charge is 0.316 e. The highest BCUT2D eigenvalue weighted by Crippen LogP contribution is 2.22. The fraction of sp³-hybridized carbons (Fsp3) is 0.571. The lowest BCUT2D eigenvalue weighted by Gasteiger charge is -2.23. The quantitative estimate of drug-likeness (QED) is 0.840. The van der Waals surface area contributed by atoms with Gasteiger partial charge in [-0.2, -0.15) is 4.31 Å². The normalized spacial score (nSPS) is 12.3. The summed E-state index contributed by atoms with van der Waals surface area (Å²) in [5.41, 5.74) is 0.580. The van der Waals surface area contributed by atoms with Gasteiger partial charge in [-0.05, 0) is 30.7 Å². The fourth-order valence-corrected chi connectivity index (χ4v) is 3.89. The van der Waals surface area contributed by atoms with Crippen LogP contribution in [0.25, 0.3) is 0 Å². The predicted octanol–water partition coefficient (Wildman–Crippen LogP) is 2.21. The number of nitrogens with zero attached hydrogens (tertiary/aromatic N) is 1. The first-order valence-electron chi connectivity index (χ1n) is 6.76. The first-order valence-corrected chi connectivity index (χ1v) is 8.20. The molecule has 1 aromatic carbocycles. The molecule has 114 valence electrons. The lowest BCUT2D eigenvalue weighted by molar-refractivity contribution is 0.380. The number of sulfonamides is 1. The summed E-state index contributed by atoms with van der Waals surface area (Å²) in [6, 6.07) is 3.90. The van der Waals surface area contributed by atoms with E-state index in [9.17, 15) is 12.8 Å². The Morgan fingerprint density at radius 2 is 2.00 bits per heavy atom. The molecule has 0 unspecified atom stereocenters. The monoisotopic (exact) mass is 302 g/mol. The van der Waals surface area contributed by atoms with Crippen LogP contribution in [0.4, 0.5) is 4.39 Å². The van der Waals surface area contributed by atoms with Gasteiger partial charge in [-0.3, -0.25) is 0 Å². The van der Waals surface area contributed by atoms with Crippen molar-refractivity contribution in [3.63, 3.8) is 0 Å². The van der Waals surface area contributed by atoms with Crippen LogP contribution in [0.2, 0.25) is 0 Å². The number of hydrogen-bond acceptors (Lipinski definition) is 3. The molecule has 0 aliphatic heterocycles. The van der Waals surface area contributed by atoms with Gasteiger partial charge in [-0.25, -0.2) is 12.8 Å². The zero-order valence-corrected chi connectivity index (χ0v) is 13.3. The Bertz CT molecular complexity index is 544. The van der Waals surface area contributed by atoms with Gasteiger partial charge in [-0.1, -0.05) is 26.8 Å². The molecule has 0 atom stereocenters. The molecule has 0 heterocycles. The molecule has 4 nitrogen and oxygen atoms in total. The van der Waals surface area contributed by atoms with Gasteiger partial charge in [0, 0.05) is 19.6 Å². The van der Waals surface area contributed by atoms with Crippen LogP contribution in [0.3, 0.4) is 0 Å². The van der Waals surface area contributed by atoms with Gasteiger partial charge in [0.2, 0.25) is 10.0 Å². The Labute approximate surface area is 121 Å². The Balaban J connectivity index is 3.28. The van der Waals surface area contributed by atoms with E-state index >= 15 is 0 Å². The molecule has 6 heteroatoms. The van der Waals surface area contributed by atoms with E-state index in [0.29, 0.717) is 25.2 Å². The lowest BCUT2D eigenvalue weighted by Crippen LogP contribution is -2.34. The van der Waals surface area contributed by atoms with Gasteiger partial charge in [0.1, 0.15) is 5.82 Å². The average Bonchev–Trinajstić information content (AvgIpc) is 2.37. The summed E-state index contributed by atoms with van der Waals surface area (Å²) >= 11 is 0. The van der Waals surface area contributed by atoms with Crippen LogP contribution in [-0.4, -0.2) is 32.9 Å². The Morgan fingerprint density at radius 1 is 1.35 bits per heavy atom. The summed E-state index contributed by atoms with van der Waals surface area (Å²) in [6.45, 7) is 6.88. The third-order valence-corrected chi connectivity index (χ3v) is 4.96. The van der Waals surface area contributed by atoms with Crippen LogP contribution >= 0.6 is 0 Å². The van der Waals surface area contributed by atoms with Crippen molar-refractivity contribution in [1.82, 2.24) is 9.62 Å². The van der Waals surface area contributed by atoms with Crippen LogP contribution in [0.5, 0.6) is 0 Å². The second-order valence-electron chi connectivity index (χ2n) is 5.13. The molecule has 0 bridgehead atoms. The molecular weight excluding hydrogens is 279 g/mol. The van der Waals surface area contributed by atoms with E-state index in [1.165, 1.54) is 16.4 Å². The number of nitrogens with one attached hydrogen (secondary N) is 1. The van der Waals surface area contributed by atoms with Crippen LogP contribution in [0, 0.1) is 11.7 Å². The number of halogens is 1. The average molecular weight is 302 g/mol. The van der Waals surface area contributed by atoms with Crippen LogP contribution < -0.4 is 5.32 Å². The summed E-state index contributed by atoms with van der Waals surface area (Å²) in [4.78, 5) is 0.0503. The molecule has 0 aromatic heterocycles. The van der Waals surface area contributed by atoms with E-state index in [1.54, 1.807) is 14.0 Å². The van der Waals surface area contributed by atoms with Crippen molar-refractivity contribution < 1.29 is 12.8 Å². The molecule has 1 rings (SSSR count). The fourth-order valence-electron chi connectivity index (χ4n) is 2.05. The highest BCUT2D eigenvalue weighted by Gasteiger charge is 2.26. The van der Waals surface area contributed by atoms with Gasteiger partial charge in [0.05, 0.1) is 4.90 Å². The lowest BCUT2D eigenvalue weighted by atomic mass is 10.2. The van der Waals surface area contributed by atoms with E-state index in [0.717, 1.165) is 6.07 Å². The zero-order chi connectivity index (χ0) is 15.3. The predicted molar refractivity (Wildman–Crippen MR) is 78.4 cm³/mol. The standard InChI is InChI=1S/C14H23FN2O2S/c1-5-17(10-11(2)3)20(18,19)14-8-13(15)7-6-12(14)9-16-4/h6-8,11,16H,5,9-10H2,1-4H3. The van der Waals surface area contributed by atoms with Crippen molar-refractivity contribution in [2.24, 2.45) is 5.92 Å². The van der Waals surface area contributed by atoms with E-state index in [1.807, 2.05) is 13.8 Å². The number of benzene rings is 1. The second kappa shape index (κ2) is 7.15. The smallest absolute Gasteiger partial charge is 0.243 e. The van der Waals surface area contributed by atoms with Gasteiger partial charge in [0.25, 0.3) is 0 Å². The third-order valence-electron chi connectivity index (χ3n) is 2.94. The Morgan fingerprint density at radius 3 is 2.50 bits per heavy atom. The van der Waals surface area contributed by atoms with E-state index < -0.39 is 15.8 Å². The van der Waals surface area contributed by atoms with Crippen molar-refractivity contribution in [3.8, 4) is 0 Å². The van der Waals surface area contributed by atoms with E-state index in [-0.39, 0.29) is 10.8 Å². The van der Waals surface area contributed by atoms with Gasteiger partial charge >= 0.3 is 0 Å². The first kappa shape index (κ1) is 17.1. The van der Waals surface area contributed by atoms with Crippen LogP contribution in [0.15, 0.2) is 23.1 Å². The summed E-state index contributed by atoms with van der Waals surface area (Å²) in [5, 5.41) is 2.91. The first-order chi connectivity index (χ1) is 9.32. The van der Waals surface area contributed by atoms with Crippen LogP contribution in [0.1, 0.15) is 26.3 Å². The molecule has 0 spiro atoms. The highest BCUT2D eigenvalue weighted by atomic mass is 32.2. The molecule has 20 heavy (non-hydrogen) atoms. The maximum Gasteiger partial charge on any atom is 0.243 e. The second-order valence-corrected chi connectivity index (χ2v) is 7.04. The minimum atomic E-state index is -3.67. The van der Waals surface area contributed by atoms with Gasteiger partial charge < -0.3 is 5.32 Å². The molecule has 0 amide bonds. The number of hydrogen-bond donors (Lipinski definition) is 1. The molecule has 1 N–H and O–H groups in total. The summed E-state index contributed by atoms with van der Waals surface area (Å²) in [5.74, 6) is -0.324. The Hall–Kier alpha value is -0.980. The van der Waals surface area contributed by atoms with E-state index in [2.05, 4.69) is 5.32 Å². The Kier molecular flexibility index (Phi) is 6.10. The van der Waals surface area contributed by atoms with Crippen molar-refractivity contribution in [2.75, 3.05) is 20.1 Å². The molecule has 0 saturated carbocycles. The zero-order valence-electron chi connectivity index (χ0n) is 12.5. The van der Waals surface area contributed by atoms with Gasteiger partial charge in [-0.15, -0.1) is 0 Å². The van der Waals surface area contributed by atoms with Crippen LogP contribution in [-0.2, 0) is 16.6 Å². The van der Waals surface area contributed by atoms with Crippen molar-refractivity contribution in [1.29, 1.82) is 0 Å². The maximum absolute atomic E-state index is 13.4. The number of rotatable bonds is 7. The van der Waals surface area contributed by atoms with Crippen molar-refractivity contribution in [3.05, 3.63) is 29.6 Å². The molecule has 1 aromatic rings. The van der Waals surface area contributed by atoms with E-state index in [4.69, 9.17) is 0 Å². The topological polar surface area (TPSA) is 49.4 Å². The minimum absolute atomic E-state index is 0.0503. The molecule has 0 fully saturated rings. The molecule has 0 aliphatic carbocycles. The third kappa shape index (κ3) is 4.01. The molecular formula is C14H23FN2O2S. The van der Waals surface area contributed by atoms with Gasteiger partial charge in [0.15, 0.2) is 0 Å². The summed E-state index contributed by atoms with van der Waals surface area (Å²) in [7, 11) is -1.94.